The van der Waals surface area contributed by atoms with E-state index in [2.05, 4.69) is 6.07 Å². The van der Waals surface area contributed by atoms with Gasteiger partial charge in [-0.1, -0.05) is 36.0 Å². The average molecular weight is 410 g/mol. The van der Waals surface area contributed by atoms with E-state index in [4.69, 9.17) is 10.2 Å². The highest BCUT2D eigenvalue weighted by atomic mass is 32.2. The number of rotatable bonds is 6. The summed E-state index contributed by atoms with van der Waals surface area (Å²) in [6.45, 7) is 0. The molecule has 0 aliphatic heterocycles. The molecule has 4 rings (SSSR count). The standard InChI is InChI=1S/C20H15N3OS3/c21-10-4-5-11-26-20-22-18-17(15(13-27-18)16-9-6-12-25-16)19(24)23(20)14-7-2-1-3-8-14/h1-3,6-9,12-13H,4-5,11H2. The lowest BCUT2D eigenvalue weighted by Gasteiger charge is -2.12. The van der Waals surface area contributed by atoms with Crippen LogP contribution < -0.4 is 5.56 Å². The molecule has 134 valence electrons. The molecule has 0 spiro atoms. The Kier molecular flexibility index (Phi) is 5.39. The second kappa shape index (κ2) is 8.09. The zero-order valence-electron chi connectivity index (χ0n) is 14.3. The second-order valence-corrected chi connectivity index (χ2v) is 8.66. The summed E-state index contributed by atoms with van der Waals surface area (Å²) < 4.78 is 1.70. The van der Waals surface area contributed by atoms with Crippen molar-refractivity contribution in [2.24, 2.45) is 0 Å². The maximum atomic E-state index is 13.5. The Morgan fingerprint density at radius 1 is 1.15 bits per heavy atom. The van der Waals surface area contributed by atoms with Gasteiger partial charge in [0, 0.05) is 28.0 Å². The molecule has 27 heavy (non-hydrogen) atoms. The summed E-state index contributed by atoms with van der Waals surface area (Å²) in [4.78, 5) is 20.1. The Morgan fingerprint density at radius 3 is 2.74 bits per heavy atom. The van der Waals surface area contributed by atoms with E-state index >= 15 is 0 Å². The number of unbranched alkanes of at least 4 members (excludes halogenated alkanes) is 1. The molecule has 3 aromatic heterocycles. The van der Waals surface area contributed by atoms with Crippen LogP contribution in [0, 0.1) is 11.3 Å². The lowest BCUT2D eigenvalue weighted by molar-refractivity contribution is 0.820. The number of benzene rings is 1. The number of hydrogen-bond acceptors (Lipinski definition) is 6. The molecule has 0 atom stereocenters. The minimum absolute atomic E-state index is 0.0429. The van der Waals surface area contributed by atoms with Gasteiger partial charge in [-0.25, -0.2) is 4.98 Å². The van der Waals surface area contributed by atoms with Crippen molar-refractivity contribution in [2.75, 3.05) is 5.75 Å². The highest BCUT2D eigenvalue weighted by Gasteiger charge is 2.18. The molecule has 0 saturated heterocycles. The first kappa shape index (κ1) is 18.0. The molecule has 4 nitrogen and oxygen atoms in total. The van der Waals surface area contributed by atoms with Gasteiger partial charge in [-0.05, 0) is 30.0 Å². The molecule has 0 bridgehead atoms. The third-order valence-electron chi connectivity index (χ3n) is 4.04. The van der Waals surface area contributed by atoms with E-state index in [1.165, 1.54) is 23.1 Å². The fourth-order valence-electron chi connectivity index (χ4n) is 2.80. The summed E-state index contributed by atoms with van der Waals surface area (Å²) in [5.74, 6) is 0.751. The van der Waals surface area contributed by atoms with Gasteiger partial charge in [0.2, 0.25) is 0 Å². The molecule has 0 N–H and O–H groups in total. The molecule has 0 aliphatic rings. The minimum Gasteiger partial charge on any atom is -0.268 e. The van der Waals surface area contributed by atoms with Crippen LogP contribution in [-0.4, -0.2) is 15.3 Å². The third kappa shape index (κ3) is 3.56. The SMILES string of the molecule is N#CCCCSc1nc2scc(-c3cccs3)c2c(=O)n1-c1ccccc1. The van der Waals surface area contributed by atoms with Gasteiger partial charge in [0.25, 0.3) is 5.56 Å². The van der Waals surface area contributed by atoms with Crippen LogP contribution in [0.15, 0.2) is 63.2 Å². The van der Waals surface area contributed by atoms with Gasteiger partial charge < -0.3 is 0 Å². The quantitative estimate of drug-likeness (QED) is 0.237. The Balaban J connectivity index is 1.89. The number of nitrogens with zero attached hydrogens (tertiary/aromatic N) is 3. The predicted molar refractivity (Wildman–Crippen MR) is 114 cm³/mol. The fraction of sp³-hybridized carbons (Fsp3) is 0.150. The number of aromatic nitrogens is 2. The zero-order valence-corrected chi connectivity index (χ0v) is 16.7. The van der Waals surface area contributed by atoms with Crippen LogP contribution in [0.25, 0.3) is 26.3 Å². The molecule has 0 saturated carbocycles. The van der Waals surface area contributed by atoms with Gasteiger partial charge in [-0.15, -0.1) is 22.7 Å². The van der Waals surface area contributed by atoms with Gasteiger partial charge in [-0.2, -0.15) is 5.26 Å². The topological polar surface area (TPSA) is 58.7 Å². The van der Waals surface area contributed by atoms with Gasteiger partial charge in [0.15, 0.2) is 5.16 Å². The van der Waals surface area contributed by atoms with E-state index in [-0.39, 0.29) is 5.56 Å². The molecule has 0 unspecified atom stereocenters. The Hall–Kier alpha value is -2.40. The maximum Gasteiger partial charge on any atom is 0.268 e. The summed E-state index contributed by atoms with van der Waals surface area (Å²) in [6.07, 6.45) is 1.28. The molecule has 0 aliphatic carbocycles. The number of thiophene rings is 2. The van der Waals surface area contributed by atoms with E-state index in [0.29, 0.717) is 17.0 Å². The van der Waals surface area contributed by atoms with E-state index in [1.807, 2.05) is 53.2 Å². The summed E-state index contributed by atoms with van der Waals surface area (Å²) in [5, 5.41) is 14.1. The Morgan fingerprint density at radius 2 is 2.00 bits per heavy atom. The Bertz CT molecular complexity index is 1160. The molecule has 0 radical (unpaired) electrons. The van der Waals surface area contributed by atoms with Crippen LogP contribution in [0.3, 0.4) is 0 Å². The maximum absolute atomic E-state index is 13.5. The van der Waals surface area contributed by atoms with Crippen molar-refractivity contribution in [3.05, 3.63) is 63.6 Å². The lowest BCUT2D eigenvalue weighted by Crippen LogP contribution is -2.21. The summed E-state index contributed by atoms with van der Waals surface area (Å²) in [7, 11) is 0. The van der Waals surface area contributed by atoms with Crippen LogP contribution in [0.5, 0.6) is 0 Å². The molecule has 7 heteroatoms. The highest BCUT2D eigenvalue weighted by Crippen LogP contribution is 2.35. The molecule has 1 aromatic carbocycles. The number of fused-ring (bicyclic) bond motifs is 1. The molecule has 0 amide bonds. The van der Waals surface area contributed by atoms with Crippen molar-refractivity contribution >= 4 is 44.7 Å². The third-order valence-corrected chi connectivity index (χ3v) is 6.84. The fourth-order valence-corrected chi connectivity index (χ4v) is 5.56. The minimum atomic E-state index is -0.0429. The smallest absolute Gasteiger partial charge is 0.268 e. The summed E-state index contributed by atoms with van der Waals surface area (Å²) in [5.41, 5.74) is 1.72. The van der Waals surface area contributed by atoms with E-state index in [1.54, 1.807) is 15.9 Å². The van der Waals surface area contributed by atoms with Crippen molar-refractivity contribution in [3.8, 4) is 22.2 Å². The number of nitriles is 1. The first-order valence-corrected chi connectivity index (χ1v) is 11.2. The van der Waals surface area contributed by atoms with Crippen molar-refractivity contribution in [2.45, 2.75) is 18.0 Å². The lowest BCUT2D eigenvalue weighted by atomic mass is 10.2. The predicted octanol–water partition coefficient (Wildman–Crippen LogP) is 5.57. The molecular weight excluding hydrogens is 394 g/mol. The zero-order chi connectivity index (χ0) is 18.6. The number of thioether (sulfide) groups is 1. The first-order valence-electron chi connectivity index (χ1n) is 8.43. The normalized spacial score (nSPS) is 10.9. The van der Waals surface area contributed by atoms with E-state index < -0.39 is 0 Å². The second-order valence-electron chi connectivity index (χ2n) is 5.79. The van der Waals surface area contributed by atoms with Gasteiger partial charge >= 0.3 is 0 Å². The van der Waals surface area contributed by atoms with Crippen molar-refractivity contribution in [1.29, 1.82) is 5.26 Å². The van der Waals surface area contributed by atoms with E-state index in [0.717, 1.165) is 33.1 Å². The molecule has 0 fully saturated rings. The molecular formula is C20H15N3OS3. The number of hydrogen-bond donors (Lipinski definition) is 0. The monoisotopic (exact) mass is 409 g/mol. The van der Waals surface area contributed by atoms with Crippen LogP contribution >= 0.6 is 34.4 Å². The van der Waals surface area contributed by atoms with Crippen LogP contribution in [-0.2, 0) is 0 Å². The van der Waals surface area contributed by atoms with E-state index in [9.17, 15) is 4.79 Å². The van der Waals surface area contributed by atoms with Gasteiger partial charge in [0.1, 0.15) is 4.83 Å². The molecule has 3 heterocycles. The summed E-state index contributed by atoms with van der Waals surface area (Å²) >= 11 is 4.66. The van der Waals surface area contributed by atoms with Crippen molar-refractivity contribution in [3.63, 3.8) is 0 Å². The summed E-state index contributed by atoms with van der Waals surface area (Å²) in [6, 6.07) is 15.8. The highest BCUT2D eigenvalue weighted by molar-refractivity contribution is 7.99. The molecule has 4 aromatic rings. The van der Waals surface area contributed by atoms with Crippen LogP contribution in [0.2, 0.25) is 0 Å². The van der Waals surface area contributed by atoms with Crippen molar-refractivity contribution < 1.29 is 0 Å². The largest absolute Gasteiger partial charge is 0.268 e. The Labute approximate surface area is 168 Å². The van der Waals surface area contributed by atoms with Crippen LogP contribution in [0.1, 0.15) is 12.8 Å². The van der Waals surface area contributed by atoms with Crippen molar-refractivity contribution in [1.82, 2.24) is 9.55 Å². The average Bonchev–Trinajstić information content (AvgIpc) is 3.35. The van der Waals surface area contributed by atoms with Gasteiger partial charge in [0.05, 0.1) is 17.1 Å². The first-order chi connectivity index (χ1) is 13.3. The van der Waals surface area contributed by atoms with Gasteiger partial charge in [-0.3, -0.25) is 9.36 Å². The van der Waals surface area contributed by atoms with Crippen LogP contribution in [0.4, 0.5) is 0 Å². The number of para-hydroxylation sites is 1.